The summed E-state index contributed by atoms with van der Waals surface area (Å²) in [5.74, 6) is -0.263. The minimum Gasteiger partial charge on any atom is -0.455 e. The Labute approximate surface area is 77.7 Å². The van der Waals surface area contributed by atoms with Crippen molar-refractivity contribution in [3.8, 4) is 0 Å². The van der Waals surface area contributed by atoms with Crippen molar-refractivity contribution < 1.29 is 14.6 Å². The van der Waals surface area contributed by atoms with Gasteiger partial charge in [-0.1, -0.05) is 12.2 Å². The Morgan fingerprint density at radius 2 is 2.46 bits per heavy atom. The molecule has 0 spiro atoms. The van der Waals surface area contributed by atoms with Crippen molar-refractivity contribution >= 4 is 5.97 Å². The number of hydrogen-bond donors (Lipinski definition) is 1. The SMILES string of the molecule is C/C=C/C1=C[C@@H](CCCO)OC1=O. The lowest BCUT2D eigenvalue weighted by molar-refractivity contribution is -0.139. The van der Waals surface area contributed by atoms with E-state index in [-0.39, 0.29) is 18.7 Å². The first kappa shape index (κ1) is 9.99. The molecule has 0 aromatic rings. The number of cyclic esters (lactones) is 1. The highest BCUT2D eigenvalue weighted by Gasteiger charge is 2.22. The van der Waals surface area contributed by atoms with Crippen LogP contribution >= 0.6 is 0 Å². The van der Waals surface area contributed by atoms with Gasteiger partial charge < -0.3 is 9.84 Å². The highest BCUT2D eigenvalue weighted by atomic mass is 16.5. The summed E-state index contributed by atoms with van der Waals surface area (Å²) in [6.45, 7) is 2.00. The van der Waals surface area contributed by atoms with Crippen LogP contribution in [-0.4, -0.2) is 23.8 Å². The topological polar surface area (TPSA) is 46.5 Å². The fourth-order valence-electron chi connectivity index (χ4n) is 1.25. The monoisotopic (exact) mass is 182 g/mol. The number of allylic oxidation sites excluding steroid dienone is 1. The minimum atomic E-state index is -0.263. The zero-order valence-electron chi connectivity index (χ0n) is 7.69. The Hall–Kier alpha value is -1.09. The number of ether oxygens (including phenoxy) is 1. The average Bonchev–Trinajstić information content (AvgIpc) is 2.45. The number of aliphatic hydroxyl groups is 1. The third-order valence-corrected chi connectivity index (χ3v) is 1.85. The number of hydrogen-bond acceptors (Lipinski definition) is 3. The van der Waals surface area contributed by atoms with E-state index in [1.54, 1.807) is 12.2 Å². The predicted octanol–water partition coefficient (Wildman–Crippen LogP) is 1.19. The van der Waals surface area contributed by atoms with Crippen molar-refractivity contribution in [2.75, 3.05) is 6.61 Å². The third kappa shape index (κ3) is 2.70. The first-order valence-corrected chi connectivity index (χ1v) is 4.44. The van der Waals surface area contributed by atoms with Gasteiger partial charge in [-0.05, 0) is 25.8 Å². The van der Waals surface area contributed by atoms with Crippen LogP contribution in [0.25, 0.3) is 0 Å². The lowest BCUT2D eigenvalue weighted by atomic mass is 10.1. The van der Waals surface area contributed by atoms with E-state index in [9.17, 15) is 4.79 Å². The number of carbonyl (C=O) groups is 1. The molecule has 1 aliphatic heterocycles. The van der Waals surface area contributed by atoms with E-state index in [1.807, 2.05) is 13.0 Å². The van der Waals surface area contributed by atoms with Crippen LogP contribution in [0, 0.1) is 0 Å². The summed E-state index contributed by atoms with van der Waals surface area (Å²) in [7, 11) is 0. The van der Waals surface area contributed by atoms with Gasteiger partial charge in [-0.2, -0.15) is 0 Å². The molecule has 0 fully saturated rings. The van der Waals surface area contributed by atoms with E-state index < -0.39 is 0 Å². The van der Waals surface area contributed by atoms with Gasteiger partial charge in [-0.25, -0.2) is 4.79 Å². The molecule has 0 unspecified atom stereocenters. The molecular formula is C10H14O3. The highest BCUT2D eigenvalue weighted by molar-refractivity contribution is 5.93. The van der Waals surface area contributed by atoms with Gasteiger partial charge in [0.25, 0.3) is 0 Å². The molecule has 0 aromatic heterocycles. The Balaban J connectivity index is 2.50. The summed E-state index contributed by atoms with van der Waals surface area (Å²) in [6, 6.07) is 0. The smallest absolute Gasteiger partial charge is 0.338 e. The molecule has 3 heteroatoms. The summed E-state index contributed by atoms with van der Waals surface area (Å²) < 4.78 is 5.03. The number of carbonyl (C=O) groups excluding carboxylic acids is 1. The molecular weight excluding hydrogens is 168 g/mol. The van der Waals surface area contributed by atoms with Crippen molar-refractivity contribution in [1.82, 2.24) is 0 Å². The maximum Gasteiger partial charge on any atom is 0.338 e. The standard InChI is InChI=1S/C10H14O3/c1-2-4-8-7-9(5-3-6-11)13-10(8)12/h2,4,7,9,11H,3,5-6H2,1H3/b4-2+/t9-/m1/s1. The number of aliphatic hydroxyl groups excluding tert-OH is 1. The normalized spacial score (nSPS) is 22.2. The van der Waals surface area contributed by atoms with E-state index in [1.165, 1.54) is 0 Å². The fourth-order valence-corrected chi connectivity index (χ4v) is 1.25. The Morgan fingerprint density at radius 1 is 1.69 bits per heavy atom. The van der Waals surface area contributed by atoms with E-state index in [2.05, 4.69) is 0 Å². The van der Waals surface area contributed by atoms with E-state index in [0.29, 0.717) is 18.4 Å². The van der Waals surface area contributed by atoms with Crippen LogP contribution in [0.2, 0.25) is 0 Å². The minimum absolute atomic E-state index is 0.140. The largest absolute Gasteiger partial charge is 0.455 e. The van der Waals surface area contributed by atoms with Crippen LogP contribution in [0.1, 0.15) is 19.8 Å². The van der Waals surface area contributed by atoms with Crippen LogP contribution in [-0.2, 0) is 9.53 Å². The van der Waals surface area contributed by atoms with Crippen LogP contribution < -0.4 is 0 Å². The molecule has 1 atom stereocenters. The van der Waals surface area contributed by atoms with Gasteiger partial charge in [0.2, 0.25) is 0 Å². The van der Waals surface area contributed by atoms with Crippen molar-refractivity contribution in [2.45, 2.75) is 25.9 Å². The average molecular weight is 182 g/mol. The summed E-state index contributed by atoms with van der Waals surface area (Å²) >= 11 is 0. The summed E-state index contributed by atoms with van der Waals surface area (Å²) in [4.78, 5) is 11.1. The number of esters is 1. The van der Waals surface area contributed by atoms with Crippen molar-refractivity contribution in [3.05, 3.63) is 23.8 Å². The zero-order valence-corrected chi connectivity index (χ0v) is 7.69. The molecule has 1 heterocycles. The number of rotatable bonds is 4. The lowest BCUT2D eigenvalue weighted by Crippen LogP contribution is -2.08. The molecule has 13 heavy (non-hydrogen) atoms. The van der Waals surface area contributed by atoms with Gasteiger partial charge in [0.15, 0.2) is 0 Å². The molecule has 0 saturated heterocycles. The molecule has 1 N–H and O–H groups in total. The molecule has 0 saturated carbocycles. The fraction of sp³-hybridized carbons (Fsp3) is 0.500. The molecule has 0 aliphatic carbocycles. The van der Waals surface area contributed by atoms with Gasteiger partial charge in [0.1, 0.15) is 6.10 Å². The molecule has 72 valence electrons. The molecule has 3 nitrogen and oxygen atoms in total. The van der Waals surface area contributed by atoms with Crippen molar-refractivity contribution in [1.29, 1.82) is 0 Å². The molecule has 0 bridgehead atoms. The summed E-state index contributed by atoms with van der Waals surface area (Å²) in [5, 5.41) is 8.59. The van der Waals surface area contributed by atoms with Crippen LogP contribution in [0.3, 0.4) is 0 Å². The Bertz CT molecular complexity index is 241. The zero-order chi connectivity index (χ0) is 9.68. The van der Waals surface area contributed by atoms with Crippen LogP contribution in [0.4, 0.5) is 0 Å². The van der Waals surface area contributed by atoms with Gasteiger partial charge in [-0.15, -0.1) is 0 Å². The van der Waals surface area contributed by atoms with Crippen molar-refractivity contribution in [3.63, 3.8) is 0 Å². The molecule has 1 aliphatic rings. The molecule has 0 radical (unpaired) electrons. The first-order chi connectivity index (χ1) is 6.27. The maximum absolute atomic E-state index is 11.1. The van der Waals surface area contributed by atoms with E-state index >= 15 is 0 Å². The summed E-state index contributed by atoms with van der Waals surface area (Å²) in [6.07, 6.45) is 6.56. The third-order valence-electron chi connectivity index (χ3n) is 1.85. The maximum atomic E-state index is 11.1. The lowest BCUT2D eigenvalue weighted by Gasteiger charge is -2.05. The van der Waals surface area contributed by atoms with Gasteiger partial charge >= 0.3 is 5.97 Å². The predicted molar refractivity (Wildman–Crippen MR) is 49.1 cm³/mol. The van der Waals surface area contributed by atoms with E-state index in [4.69, 9.17) is 9.84 Å². The van der Waals surface area contributed by atoms with Crippen LogP contribution in [0.5, 0.6) is 0 Å². The second-order valence-electron chi connectivity index (χ2n) is 2.93. The first-order valence-electron chi connectivity index (χ1n) is 4.44. The Morgan fingerprint density at radius 3 is 3.08 bits per heavy atom. The van der Waals surface area contributed by atoms with Gasteiger partial charge in [0, 0.05) is 6.61 Å². The van der Waals surface area contributed by atoms with Crippen LogP contribution in [0.15, 0.2) is 23.8 Å². The second kappa shape index (κ2) is 4.82. The van der Waals surface area contributed by atoms with Gasteiger partial charge in [0.05, 0.1) is 5.57 Å². The molecule has 0 amide bonds. The Kier molecular flexibility index (Phi) is 3.71. The summed E-state index contributed by atoms with van der Waals surface area (Å²) in [5.41, 5.74) is 0.616. The molecule has 0 aromatic carbocycles. The van der Waals surface area contributed by atoms with Gasteiger partial charge in [-0.3, -0.25) is 0 Å². The second-order valence-corrected chi connectivity index (χ2v) is 2.93. The quantitative estimate of drug-likeness (QED) is 0.664. The van der Waals surface area contributed by atoms with Crippen molar-refractivity contribution in [2.24, 2.45) is 0 Å². The van der Waals surface area contributed by atoms with E-state index in [0.717, 1.165) is 0 Å². The molecule has 1 rings (SSSR count). The highest BCUT2D eigenvalue weighted by Crippen LogP contribution is 2.18.